The number of aryl methyl sites for hydroxylation is 1. The van der Waals surface area contributed by atoms with Gasteiger partial charge in [0.15, 0.2) is 5.96 Å². The Bertz CT molecular complexity index is 592. The molecule has 24 heavy (non-hydrogen) atoms. The fourth-order valence-electron chi connectivity index (χ4n) is 2.68. The number of hydrogen-bond acceptors (Lipinski definition) is 5. The van der Waals surface area contributed by atoms with Crippen molar-refractivity contribution in [1.82, 2.24) is 10.6 Å². The minimum absolute atomic E-state index is 0.273. The van der Waals surface area contributed by atoms with Crippen LogP contribution in [0.2, 0.25) is 0 Å². The highest BCUT2D eigenvalue weighted by molar-refractivity contribution is 8.00. The van der Waals surface area contributed by atoms with Gasteiger partial charge in [0.2, 0.25) is 0 Å². The van der Waals surface area contributed by atoms with Crippen LogP contribution in [-0.2, 0) is 11.3 Å². The predicted octanol–water partition coefficient (Wildman–Crippen LogP) is 2.72. The third-order valence-electron chi connectivity index (χ3n) is 4.04. The fraction of sp³-hybridized carbons (Fsp3) is 0.647. The van der Waals surface area contributed by atoms with Crippen LogP contribution in [0.3, 0.4) is 0 Å². The highest BCUT2D eigenvalue weighted by atomic mass is 32.2. The summed E-state index contributed by atoms with van der Waals surface area (Å²) in [7, 11) is 1.36. The Hall–Kier alpha value is -1.63. The molecule has 1 aromatic heterocycles. The van der Waals surface area contributed by atoms with Crippen LogP contribution in [0.5, 0.6) is 0 Å². The third kappa shape index (κ3) is 4.93. The van der Waals surface area contributed by atoms with E-state index in [2.05, 4.69) is 22.5 Å². The zero-order valence-corrected chi connectivity index (χ0v) is 15.7. The minimum atomic E-state index is -0.386. The summed E-state index contributed by atoms with van der Waals surface area (Å²) in [5, 5.41) is 6.66. The Kier molecular flexibility index (Phi) is 6.60. The maximum Gasteiger partial charge on any atom is 0.341 e. The number of nitrogens with zero attached hydrogens (tertiary/aromatic N) is 1. The van der Waals surface area contributed by atoms with E-state index in [-0.39, 0.29) is 10.7 Å². The molecule has 0 radical (unpaired) electrons. The molecule has 1 saturated heterocycles. The molecule has 2 N–H and O–H groups in total. The lowest BCUT2D eigenvalue weighted by molar-refractivity contribution is 0.0599. The van der Waals surface area contributed by atoms with Gasteiger partial charge in [-0.15, -0.1) is 0 Å². The van der Waals surface area contributed by atoms with Crippen molar-refractivity contribution in [3.8, 4) is 0 Å². The third-order valence-corrected chi connectivity index (χ3v) is 5.58. The number of carbonyl (C=O) groups is 1. The number of rotatable bonds is 6. The Morgan fingerprint density at radius 1 is 1.50 bits per heavy atom. The number of guanidine groups is 1. The summed E-state index contributed by atoms with van der Waals surface area (Å²) in [6, 6.07) is 1.70. The van der Waals surface area contributed by atoms with Crippen LogP contribution in [0.25, 0.3) is 0 Å². The van der Waals surface area contributed by atoms with Gasteiger partial charge in [-0.3, -0.25) is 0 Å². The van der Waals surface area contributed by atoms with E-state index in [0.29, 0.717) is 23.6 Å². The number of ether oxygens (including phenoxy) is 1. The average Bonchev–Trinajstić information content (AvgIpc) is 3.16. The van der Waals surface area contributed by atoms with Crippen molar-refractivity contribution < 1.29 is 13.9 Å². The SMILES string of the molecule is CCNC(=NCc1cc(C(=O)OC)c(C)o1)NCC1(C)CCCS1. The first-order valence-corrected chi connectivity index (χ1v) is 9.30. The van der Waals surface area contributed by atoms with Crippen LogP contribution in [0.4, 0.5) is 0 Å². The lowest BCUT2D eigenvalue weighted by Crippen LogP contribution is -2.43. The smallest absolute Gasteiger partial charge is 0.341 e. The topological polar surface area (TPSA) is 75.9 Å². The van der Waals surface area contributed by atoms with Gasteiger partial charge in [-0.25, -0.2) is 9.79 Å². The molecule has 2 heterocycles. The number of carbonyl (C=O) groups excluding carboxylic acids is 1. The second kappa shape index (κ2) is 8.46. The van der Waals surface area contributed by atoms with E-state index in [1.54, 1.807) is 13.0 Å². The number of hydrogen-bond donors (Lipinski definition) is 2. The molecule has 2 rings (SSSR count). The summed E-state index contributed by atoms with van der Waals surface area (Å²) in [4.78, 5) is 16.2. The zero-order chi connectivity index (χ0) is 17.6. The highest BCUT2D eigenvalue weighted by Gasteiger charge is 2.29. The van der Waals surface area contributed by atoms with Gasteiger partial charge < -0.3 is 19.8 Å². The molecular weight excluding hydrogens is 326 g/mol. The molecule has 0 amide bonds. The molecule has 1 unspecified atom stereocenters. The van der Waals surface area contributed by atoms with Gasteiger partial charge in [0.05, 0.1) is 7.11 Å². The first kappa shape index (κ1) is 18.7. The molecule has 0 bridgehead atoms. The normalized spacial score (nSPS) is 20.9. The van der Waals surface area contributed by atoms with Crippen molar-refractivity contribution in [2.75, 3.05) is 26.0 Å². The maximum absolute atomic E-state index is 11.6. The Labute approximate surface area is 147 Å². The molecule has 0 saturated carbocycles. The van der Waals surface area contributed by atoms with Crippen LogP contribution >= 0.6 is 11.8 Å². The van der Waals surface area contributed by atoms with Gasteiger partial charge in [0.25, 0.3) is 0 Å². The number of nitrogens with one attached hydrogen (secondary N) is 2. The molecule has 7 heteroatoms. The summed E-state index contributed by atoms with van der Waals surface area (Å²) < 4.78 is 10.6. The molecule has 1 fully saturated rings. The van der Waals surface area contributed by atoms with Crippen molar-refractivity contribution in [3.05, 3.63) is 23.2 Å². The van der Waals surface area contributed by atoms with Gasteiger partial charge in [0.1, 0.15) is 23.6 Å². The molecule has 1 aliphatic rings. The van der Waals surface area contributed by atoms with Gasteiger partial charge in [0, 0.05) is 17.8 Å². The molecule has 0 aliphatic carbocycles. The number of aliphatic imine (C=N–C) groups is 1. The predicted molar refractivity (Wildman–Crippen MR) is 97.7 cm³/mol. The van der Waals surface area contributed by atoms with E-state index in [0.717, 1.165) is 19.0 Å². The van der Waals surface area contributed by atoms with E-state index in [1.807, 2.05) is 18.7 Å². The van der Waals surface area contributed by atoms with Gasteiger partial charge in [-0.1, -0.05) is 0 Å². The number of furan rings is 1. The van der Waals surface area contributed by atoms with Crippen molar-refractivity contribution in [1.29, 1.82) is 0 Å². The van der Waals surface area contributed by atoms with E-state index in [4.69, 9.17) is 9.15 Å². The maximum atomic E-state index is 11.6. The van der Waals surface area contributed by atoms with Gasteiger partial charge in [-0.2, -0.15) is 11.8 Å². The van der Waals surface area contributed by atoms with E-state index in [1.165, 1.54) is 25.7 Å². The summed E-state index contributed by atoms with van der Waals surface area (Å²) in [5.41, 5.74) is 0.454. The quantitative estimate of drug-likeness (QED) is 0.465. The van der Waals surface area contributed by atoms with Crippen LogP contribution in [0, 0.1) is 6.92 Å². The highest BCUT2D eigenvalue weighted by Crippen LogP contribution is 2.36. The molecule has 0 aromatic carbocycles. The number of esters is 1. The summed E-state index contributed by atoms with van der Waals surface area (Å²) in [6.45, 7) is 8.13. The number of methoxy groups -OCH3 is 1. The van der Waals surface area contributed by atoms with Crippen LogP contribution in [0.1, 0.15) is 48.6 Å². The first-order valence-electron chi connectivity index (χ1n) is 8.31. The zero-order valence-electron chi connectivity index (χ0n) is 14.9. The monoisotopic (exact) mass is 353 g/mol. The van der Waals surface area contributed by atoms with Gasteiger partial charge >= 0.3 is 5.97 Å². The van der Waals surface area contributed by atoms with Gasteiger partial charge in [-0.05, 0) is 45.4 Å². The molecule has 0 spiro atoms. The van der Waals surface area contributed by atoms with Crippen LogP contribution in [-0.4, -0.2) is 42.6 Å². The van der Waals surface area contributed by atoms with E-state index >= 15 is 0 Å². The largest absolute Gasteiger partial charge is 0.465 e. The standard InChI is InChI=1S/C17H27N3O3S/c1-5-18-16(20-11-17(3)7-6-8-24-17)19-10-13-9-14(12(2)23-13)15(21)22-4/h9H,5-8,10-11H2,1-4H3,(H2,18,19,20). The number of thioether (sulfide) groups is 1. The fourth-order valence-corrected chi connectivity index (χ4v) is 3.92. The summed E-state index contributed by atoms with van der Waals surface area (Å²) >= 11 is 2.02. The molecule has 1 aliphatic heterocycles. The van der Waals surface area contributed by atoms with Crippen LogP contribution < -0.4 is 10.6 Å². The van der Waals surface area contributed by atoms with E-state index in [9.17, 15) is 4.79 Å². The second-order valence-electron chi connectivity index (χ2n) is 6.12. The minimum Gasteiger partial charge on any atom is -0.465 e. The molecule has 134 valence electrons. The van der Waals surface area contributed by atoms with Crippen molar-refractivity contribution in [2.45, 2.75) is 44.9 Å². The second-order valence-corrected chi connectivity index (χ2v) is 7.81. The van der Waals surface area contributed by atoms with Crippen LogP contribution in [0.15, 0.2) is 15.5 Å². The molecule has 6 nitrogen and oxygen atoms in total. The average molecular weight is 353 g/mol. The Morgan fingerprint density at radius 2 is 2.29 bits per heavy atom. The van der Waals surface area contributed by atoms with Crippen molar-refractivity contribution in [2.24, 2.45) is 4.99 Å². The van der Waals surface area contributed by atoms with Crippen molar-refractivity contribution >= 4 is 23.7 Å². The lowest BCUT2D eigenvalue weighted by atomic mass is 10.1. The Balaban J connectivity index is 1.98. The summed E-state index contributed by atoms with van der Waals surface area (Å²) in [6.07, 6.45) is 2.50. The van der Waals surface area contributed by atoms with Crippen molar-refractivity contribution in [3.63, 3.8) is 0 Å². The first-order chi connectivity index (χ1) is 11.5. The molecule has 1 atom stereocenters. The molecule has 1 aromatic rings. The van der Waals surface area contributed by atoms with E-state index < -0.39 is 0 Å². The summed E-state index contributed by atoms with van der Waals surface area (Å²) in [5.74, 6) is 2.81. The Morgan fingerprint density at radius 3 is 2.92 bits per heavy atom. The lowest BCUT2D eigenvalue weighted by Gasteiger charge is -2.24. The molecular formula is C17H27N3O3S.